The van der Waals surface area contributed by atoms with E-state index in [0.717, 1.165) is 0 Å². The van der Waals surface area contributed by atoms with Gasteiger partial charge in [-0.2, -0.15) is 22.0 Å². The van der Waals surface area contributed by atoms with Gasteiger partial charge in [-0.3, -0.25) is 4.79 Å². The average molecular weight is 375 g/mol. The fraction of sp³-hybridized carbons (Fsp3) is 0.235. The normalized spacial score (nSPS) is 11.3. The molecule has 1 N–H and O–H groups in total. The average Bonchev–Trinajstić information content (AvgIpc) is 2.58. The van der Waals surface area contributed by atoms with Crippen LogP contribution in [0.4, 0.5) is 22.0 Å². The fourth-order valence-corrected chi connectivity index (χ4v) is 1.97. The number of benzene rings is 2. The summed E-state index contributed by atoms with van der Waals surface area (Å²) in [6.07, 6.45) is -4.42. The molecular formula is C17H14F5NO3. The molecule has 0 atom stereocenters. The predicted molar refractivity (Wildman–Crippen MR) is 82.2 cm³/mol. The number of amides is 1. The van der Waals surface area contributed by atoms with Gasteiger partial charge in [-0.1, -0.05) is 18.2 Å². The minimum atomic E-state index is -4.42. The van der Waals surface area contributed by atoms with E-state index in [1.165, 1.54) is 48.5 Å². The van der Waals surface area contributed by atoms with Crippen LogP contribution in [0.1, 0.15) is 15.9 Å². The van der Waals surface area contributed by atoms with Gasteiger partial charge in [0.2, 0.25) is 0 Å². The molecule has 0 heterocycles. The lowest BCUT2D eigenvalue weighted by molar-refractivity contribution is -0.153. The molecule has 0 aliphatic heterocycles. The van der Waals surface area contributed by atoms with Crippen molar-refractivity contribution in [1.82, 2.24) is 5.32 Å². The van der Waals surface area contributed by atoms with Crippen LogP contribution < -0.4 is 14.8 Å². The lowest BCUT2D eigenvalue weighted by atomic mass is 10.2. The van der Waals surface area contributed by atoms with Crippen molar-refractivity contribution in [3.63, 3.8) is 0 Å². The quantitative estimate of drug-likeness (QED) is 0.740. The zero-order valence-corrected chi connectivity index (χ0v) is 13.2. The number of rotatable bonds is 7. The zero-order valence-electron chi connectivity index (χ0n) is 13.2. The zero-order chi connectivity index (χ0) is 19.2. The molecule has 0 saturated carbocycles. The van der Waals surface area contributed by atoms with Crippen molar-refractivity contribution < 1.29 is 36.2 Å². The Bertz CT molecular complexity index is 732. The van der Waals surface area contributed by atoms with Crippen LogP contribution in [0.2, 0.25) is 0 Å². The monoisotopic (exact) mass is 375 g/mol. The second kappa shape index (κ2) is 8.50. The molecule has 0 spiro atoms. The third-order valence-corrected chi connectivity index (χ3v) is 3.10. The van der Waals surface area contributed by atoms with E-state index in [1.54, 1.807) is 0 Å². The molecule has 2 aromatic carbocycles. The van der Waals surface area contributed by atoms with Crippen LogP contribution in [0.5, 0.6) is 11.5 Å². The molecule has 0 aliphatic carbocycles. The molecule has 0 saturated heterocycles. The van der Waals surface area contributed by atoms with Crippen molar-refractivity contribution in [2.45, 2.75) is 19.3 Å². The van der Waals surface area contributed by atoms with Crippen molar-refractivity contribution in [3.8, 4) is 11.5 Å². The van der Waals surface area contributed by atoms with Crippen LogP contribution >= 0.6 is 0 Å². The predicted octanol–water partition coefficient (Wildman–Crippen LogP) is 4.16. The second-order valence-corrected chi connectivity index (χ2v) is 5.14. The van der Waals surface area contributed by atoms with E-state index in [9.17, 15) is 26.7 Å². The number of hydrogen-bond acceptors (Lipinski definition) is 3. The van der Waals surface area contributed by atoms with Gasteiger partial charge in [0.05, 0.1) is 0 Å². The Morgan fingerprint density at radius 3 is 2.35 bits per heavy atom. The Balaban J connectivity index is 1.89. The summed E-state index contributed by atoms with van der Waals surface area (Å²) in [7, 11) is 0. The van der Waals surface area contributed by atoms with E-state index in [-0.39, 0.29) is 23.6 Å². The van der Waals surface area contributed by atoms with Gasteiger partial charge in [0, 0.05) is 12.1 Å². The third kappa shape index (κ3) is 6.58. The maximum absolute atomic E-state index is 12.2. The first-order valence-corrected chi connectivity index (χ1v) is 7.34. The van der Waals surface area contributed by atoms with Crippen LogP contribution in [0.3, 0.4) is 0 Å². The molecule has 1 amide bonds. The number of alkyl halides is 5. The van der Waals surface area contributed by atoms with Gasteiger partial charge >= 0.3 is 12.8 Å². The Morgan fingerprint density at radius 2 is 1.73 bits per heavy atom. The molecule has 0 aliphatic rings. The number of carbonyl (C=O) groups excluding carboxylic acids is 1. The summed E-state index contributed by atoms with van der Waals surface area (Å²) in [5.74, 6) is -0.602. The largest absolute Gasteiger partial charge is 0.484 e. The highest BCUT2D eigenvalue weighted by Gasteiger charge is 2.28. The van der Waals surface area contributed by atoms with Crippen LogP contribution in [0.15, 0.2) is 48.5 Å². The smallest absolute Gasteiger partial charge is 0.422 e. The summed E-state index contributed by atoms with van der Waals surface area (Å²) >= 11 is 0. The summed E-state index contributed by atoms with van der Waals surface area (Å²) in [6, 6.07) is 11.0. The second-order valence-electron chi connectivity index (χ2n) is 5.14. The van der Waals surface area contributed by atoms with Gasteiger partial charge in [-0.25, -0.2) is 0 Å². The molecule has 0 aromatic heterocycles. The SMILES string of the molecule is O=C(NCc1ccc(OCC(F)(F)F)cc1)c1cccc(OC(F)F)c1. The molecule has 2 rings (SSSR count). The van der Waals surface area contributed by atoms with Crippen molar-refractivity contribution in [3.05, 3.63) is 59.7 Å². The van der Waals surface area contributed by atoms with E-state index in [4.69, 9.17) is 0 Å². The lowest BCUT2D eigenvalue weighted by Crippen LogP contribution is -2.23. The minimum Gasteiger partial charge on any atom is -0.484 e. The summed E-state index contributed by atoms with van der Waals surface area (Å²) in [6.45, 7) is -4.29. The Kier molecular flexibility index (Phi) is 6.37. The highest BCUT2D eigenvalue weighted by atomic mass is 19.4. The first kappa shape index (κ1) is 19.5. The Morgan fingerprint density at radius 1 is 1.04 bits per heavy atom. The molecule has 9 heteroatoms. The number of hydrogen-bond donors (Lipinski definition) is 1. The number of nitrogens with one attached hydrogen (secondary N) is 1. The van der Waals surface area contributed by atoms with Crippen molar-refractivity contribution in [2.24, 2.45) is 0 Å². The maximum Gasteiger partial charge on any atom is 0.422 e. The van der Waals surface area contributed by atoms with E-state index in [2.05, 4.69) is 14.8 Å². The first-order valence-electron chi connectivity index (χ1n) is 7.34. The van der Waals surface area contributed by atoms with Gasteiger partial charge in [-0.05, 0) is 35.9 Å². The van der Waals surface area contributed by atoms with Gasteiger partial charge < -0.3 is 14.8 Å². The Labute approximate surface area is 145 Å². The van der Waals surface area contributed by atoms with E-state index < -0.39 is 25.3 Å². The third-order valence-electron chi connectivity index (χ3n) is 3.10. The van der Waals surface area contributed by atoms with Crippen LogP contribution in [-0.4, -0.2) is 25.3 Å². The summed E-state index contributed by atoms with van der Waals surface area (Å²) in [5, 5.41) is 2.57. The molecule has 2 aromatic rings. The van der Waals surface area contributed by atoms with Crippen molar-refractivity contribution >= 4 is 5.91 Å². The molecular weight excluding hydrogens is 361 g/mol. The molecule has 140 valence electrons. The topological polar surface area (TPSA) is 47.6 Å². The molecule has 0 bridgehead atoms. The minimum absolute atomic E-state index is 0.0502. The van der Waals surface area contributed by atoms with Gasteiger partial charge in [0.25, 0.3) is 5.91 Å². The van der Waals surface area contributed by atoms with Crippen LogP contribution in [0, 0.1) is 0 Å². The Hall–Kier alpha value is -2.84. The van der Waals surface area contributed by atoms with Gasteiger partial charge in [0.15, 0.2) is 6.61 Å². The van der Waals surface area contributed by atoms with E-state index in [0.29, 0.717) is 5.56 Å². The lowest BCUT2D eigenvalue weighted by Gasteiger charge is -2.10. The molecule has 4 nitrogen and oxygen atoms in total. The molecule has 0 radical (unpaired) electrons. The maximum atomic E-state index is 12.2. The molecule has 0 unspecified atom stereocenters. The van der Waals surface area contributed by atoms with Crippen LogP contribution in [-0.2, 0) is 6.54 Å². The summed E-state index contributed by atoms with van der Waals surface area (Å²) in [5.41, 5.74) is 0.756. The first-order chi connectivity index (χ1) is 12.2. The number of halogens is 5. The van der Waals surface area contributed by atoms with Crippen LogP contribution in [0.25, 0.3) is 0 Å². The highest BCUT2D eigenvalue weighted by Crippen LogP contribution is 2.19. The molecule has 26 heavy (non-hydrogen) atoms. The highest BCUT2D eigenvalue weighted by molar-refractivity contribution is 5.94. The number of carbonyl (C=O) groups is 1. The summed E-state index contributed by atoms with van der Waals surface area (Å²) < 4.78 is 69.4. The molecule has 0 fully saturated rings. The van der Waals surface area contributed by atoms with Crippen molar-refractivity contribution in [1.29, 1.82) is 0 Å². The van der Waals surface area contributed by atoms with Crippen molar-refractivity contribution in [2.75, 3.05) is 6.61 Å². The number of ether oxygens (including phenoxy) is 2. The van der Waals surface area contributed by atoms with E-state index in [1.807, 2.05) is 0 Å². The standard InChI is InChI=1S/C17H14F5NO3/c18-16(19)26-14-3-1-2-12(8-14)15(24)23-9-11-4-6-13(7-5-11)25-10-17(20,21)22/h1-8,16H,9-10H2,(H,23,24). The van der Waals surface area contributed by atoms with Gasteiger partial charge in [0.1, 0.15) is 11.5 Å². The van der Waals surface area contributed by atoms with E-state index >= 15 is 0 Å². The fourth-order valence-electron chi connectivity index (χ4n) is 1.97. The van der Waals surface area contributed by atoms with Gasteiger partial charge in [-0.15, -0.1) is 0 Å². The summed E-state index contributed by atoms with van der Waals surface area (Å²) in [4.78, 5) is 12.0.